The van der Waals surface area contributed by atoms with Crippen LogP contribution in [0.4, 0.5) is 26.3 Å². The quantitative estimate of drug-likeness (QED) is 0.479. The molecule has 32 heavy (non-hydrogen) atoms. The highest BCUT2D eigenvalue weighted by Crippen LogP contribution is 2.38. The highest BCUT2D eigenvalue weighted by atomic mass is 19.4. The Hall–Kier alpha value is -4.21. The minimum absolute atomic E-state index is 0.0131. The summed E-state index contributed by atoms with van der Waals surface area (Å²) in [6, 6.07) is 4.08. The molecule has 2 heterocycles. The van der Waals surface area contributed by atoms with Gasteiger partial charge in [-0.05, 0) is 24.3 Å². The highest BCUT2D eigenvalue weighted by molar-refractivity contribution is 6.22. The van der Waals surface area contributed by atoms with Crippen LogP contribution in [0.1, 0.15) is 22.3 Å². The van der Waals surface area contributed by atoms with E-state index < -0.39 is 40.8 Å². The summed E-state index contributed by atoms with van der Waals surface area (Å²) in [6.45, 7) is 0. The number of nitrogens with two attached hydrogens (primary N) is 1. The maximum absolute atomic E-state index is 13.1. The van der Waals surface area contributed by atoms with Crippen molar-refractivity contribution >= 4 is 17.7 Å². The second-order valence-corrected chi connectivity index (χ2v) is 6.32. The number of hydrogen-bond donors (Lipinski definition) is 1. The lowest BCUT2D eigenvalue weighted by Crippen LogP contribution is -2.14. The zero-order valence-corrected chi connectivity index (χ0v) is 15.6. The number of aromatic nitrogens is 4. The van der Waals surface area contributed by atoms with Gasteiger partial charge >= 0.3 is 12.4 Å². The molecule has 3 aromatic rings. The topological polar surface area (TPSA) is 110 Å². The molecule has 2 aromatic heterocycles. The Morgan fingerprint density at radius 2 is 1.66 bits per heavy atom. The maximum atomic E-state index is 13.1. The molecule has 1 aromatic carbocycles. The van der Waals surface area contributed by atoms with Gasteiger partial charge in [0.1, 0.15) is 12.4 Å². The van der Waals surface area contributed by atoms with Crippen molar-refractivity contribution < 1.29 is 31.1 Å². The maximum Gasteiger partial charge on any atom is 0.416 e. The van der Waals surface area contributed by atoms with Crippen molar-refractivity contribution in [3.8, 4) is 17.5 Å². The summed E-state index contributed by atoms with van der Waals surface area (Å²) in [5.74, 6) is -1.40. The van der Waals surface area contributed by atoms with Crippen LogP contribution in [0, 0.1) is 11.3 Å². The Labute approximate surface area is 175 Å². The Bertz CT molecular complexity index is 1220. The number of nitrogens with zero attached hydrogens (tertiary/aromatic N) is 5. The predicted molar refractivity (Wildman–Crippen MR) is 97.8 cm³/mol. The first-order valence-corrected chi connectivity index (χ1v) is 8.46. The molecule has 0 aliphatic heterocycles. The molecule has 3 rings (SSSR count). The Balaban J connectivity index is 2.08. The Morgan fingerprint density at radius 1 is 1.03 bits per heavy atom. The molecule has 0 aliphatic rings. The number of amides is 1. The fourth-order valence-corrected chi connectivity index (χ4v) is 2.61. The summed E-state index contributed by atoms with van der Waals surface area (Å²) >= 11 is 0. The minimum Gasteiger partial charge on any atom is -0.366 e. The molecule has 0 aliphatic carbocycles. The number of hydrogen-bond acceptors (Lipinski definition) is 5. The Morgan fingerprint density at radius 3 is 2.19 bits per heavy atom. The number of carbonyl (C=O) groups excluding carboxylic acids is 1. The first kappa shape index (κ1) is 22.5. The fourth-order valence-electron chi connectivity index (χ4n) is 2.61. The lowest BCUT2D eigenvalue weighted by atomic mass is 10.0. The lowest BCUT2D eigenvalue weighted by molar-refractivity contribution is -0.143. The monoisotopic (exact) mass is 452 g/mol. The molecule has 7 nitrogen and oxygen atoms in total. The van der Waals surface area contributed by atoms with Crippen LogP contribution < -0.4 is 5.73 Å². The van der Waals surface area contributed by atoms with Gasteiger partial charge in [-0.15, -0.1) is 5.10 Å². The van der Waals surface area contributed by atoms with E-state index in [-0.39, 0.29) is 22.8 Å². The van der Waals surface area contributed by atoms with Gasteiger partial charge in [-0.3, -0.25) is 9.78 Å². The van der Waals surface area contributed by atoms with E-state index in [2.05, 4.69) is 15.1 Å². The first-order valence-electron chi connectivity index (χ1n) is 8.46. The van der Waals surface area contributed by atoms with Crippen LogP contribution in [-0.4, -0.2) is 25.7 Å². The number of primary amides is 1. The van der Waals surface area contributed by atoms with Gasteiger partial charge in [0.2, 0.25) is 0 Å². The molecule has 0 bridgehead atoms. The largest absolute Gasteiger partial charge is 0.416 e. The third-order valence-electron chi connectivity index (χ3n) is 4.06. The second kappa shape index (κ2) is 8.14. The van der Waals surface area contributed by atoms with E-state index in [0.29, 0.717) is 12.1 Å². The SMILES string of the molecule is N#Cc1cncc(/C(=C/n2cnc(-c3cc(C(F)(F)F)cc(C(F)(F)F)c3)n2)C(N)=O)c1. The molecular weight excluding hydrogens is 442 g/mol. The van der Waals surface area contributed by atoms with E-state index >= 15 is 0 Å². The molecule has 1 amide bonds. The standard InChI is InChI=1S/C19H10F6N6O/c20-18(21,22)13-2-11(3-14(4-13)19(23,24)25)17-29-9-31(30-17)8-15(16(27)32)12-1-10(5-26)6-28-7-12/h1-4,6-9H,(H2,27,32)/b15-8-. The predicted octanol–water partition coefficient (Wildman–Crippen LogP) is 3.73. The van der Waals surface area contributed by atoms with Crippen LogP contribution in [0.2, 0.25) is 0 Å². The van der Waals surface area contributed by atoms with Crippen LogP contribution in [-0.2, 0) is 17.1 Å². The van der Waals surface area contributed by atoms with Crippen molar-refractivity contribution in [2.75, 3.05) is 0 Å². The summed E-state index contributed by atoms with van der Waals surface area (Å²) in [5.41, 5.74) is 1.85. The van der Waals surface area contributed by atoms with E-state index in [1.165, 1.54) is 18.5 Å². The Kier molecular flexibility index (Phi) is 5.72. The van der Waals surface area contributed by atoms with Gasteiger partial charge in [0.15, 0.2) is 5.82 Å². The smallest absolute Gasteiger partial charge is 0.366 e. The van der Waals surface area contributed by atoms with Crippen LogP contribution in [0.3, 0.4) is 0 Å². The van der Waals surface area contributed by atoms with E-state index in [0.717, 1.165) is 17.2 Å². The van der Waals surface area contributed by atoms with Gasteiger partial charge in [0.05, 0.1) is 22.3 Å². The summed E-state index contributed by atoms with van der Waals surface area (Å²) in [5, 5.41) is 12.8. The molecule has 0 radical (unpaired) electrons. The summed E-state index contributed by atoms with van der Waals surface area (Å²) < 4.78 is 79.3. The number of rotatable bonds is 4. The molecule has 0 spiro atoms. The average Bonchev–Trinajstić information content (AvgIpc) is 3.19. The molecule has 0 saturated carbocycles. The third-order valence-corrected chi connectivity index (χ3v) is 4.06. The van der Waals surface area contributed by atoms with Gasteiger partial charge in [-0.1, -0.05) is 0 Å². The number of halogens is 6. The zero-order valence-electron chi connectivity index (χ0n) is 15.6. The van der Waals surface area contributed by atoms with Gasteiger partial charge < -0.3 is 5.73 Å². The van der Waals surface area contributed by atoms with E-state index in [4.69, 9.17) is 11.0 Å². The summed E-state index contributed by atoms with van der Waals surface area (Å²) in [4.78, 5) is 19.3. The number of pyridine rings is 1. The number of benzene rings is 1. The summed E-state index contributed by atoms with van der Waals surface area (Å²) in [6.07, 6.45) is -5.57. The van der Waals surface area contributed by atoms with Gasteiger partial charge in [-0.25, -0.2) is 9.67 Å². The molecule has 0 fully saturated rings. The van der Waals surface area contributed by atoms with E-state index in [9.17, 15) is 31.1 Å². The fraction of sp³-hybridized carbons (Fsp3) is 0.105. The molecular formula is C19H10F6N6O. The van der Waals surface area contributed by atoms with Crippen LogP contribution in [0.25, 0.3) is 23.2 Å². The minimum atomic E-state index is -5.03. The molecule has 13 heteroatoms. The van der Waals surface area contributed by atoms with Crippen molar-refractivity contribution in [3.05, 3.63) is 65.2 Å². The van der Waals surface area contributed by atoms with Crippen LogP contribution in [0.15, 0.2) is 43.0 Å². The third kappa shape index (κ3) is 4.91. The molecule has 0 unspecified atom stereocenters. The van der Waals surface area contributed by atoms with Crippen molar-refractivity contribution in [1.82, 2.24) is 19.7 Å². The van der Waals surface area contributed by atoms with Gasteiger partial charge in [-0.2, -0.15) is 31.6 Å². The first-order chi connectivity index (χ1) is 14.9. The average molecular weight is 452 g/mol. The zero-order chi connectivity index (χ0) is 23.7. The van der Waals surface area contributed by atoms with Crippen molar-refractivity contribution in [2.45, 2.75) is 12.4 Å². The number of carbonyl (C=O) groups is 1. The highest BCUT2D eigenvalue weighted by Gasteiger charge is 2.37. The number of nitriles is 1. The second-order valence-electron chi connectivity index (χ2n) is 6.32. The van der Waals surface area contributed by atoms with Gasteiger partial charge in [0.25, 0.3) is 5.91 Å². The van der Waals surface area contributed by atoms with E-state index in [1.807, 2.05) is 6.07 Å². The van der Waals surface area contributed by atoms with Crippen molar-refractivity contribution in [3.63, 3.8) is 0 Å². The van der Waals surface area contributed by atoms with Gasteiger partial charge in [0, 0.05) is 29.7 Å². The molecule has 164 valence electrons. The van der Waals surface area contributed by atoms with Crippen molar-refractivity contribution in [1.29, 1.82) is 5.26 Å². The lowest BCUT2D eigenvalue weighted by Gasteiger charge is -2.13. The summed E-state index contributed by atoms with van der Waals surface area (Å²) in [7, 11) is 0. The van der Waals surface area contributed by atoms with Crippen LogP contribution in [0.5, 0.6) is 0 Å². The number of alkyl halides is 6. The van der Waals surface area contributed by atoms with E-state index in [1.54, 1.807) is 0 Å². The molecule has 0 saturated heterocycles. The normalized spacial score (nSPS) is 12.5. The van der Waals surface area contributed by atoms with Crippen molar-refractivity contribution in [2.24, 2.45) is 5.73 Å². The van der Waals surface area contributed by atoms with Crippen LogP contribution >= 0.6 is 0 Å². The molecule has 0 atom stereocenters. The molecule has 2 N–H and O–H groups in total.